The number of hydrogen-bond donors (Lipinski definition) is 2. The molecule has 0 atom stereocenters. The second kappa shape index (κ2) is 8.12. The molecule has 1 heterocycles. The van der Waals surface area contributed by atoms with Gasteiger partial charge in [-0.3, -0.25) is 4.79 Å². The molecule has 2 aromatic rings. The number of carbonyl (C=O) groups is 1. The molecule has 0 aliphatic heterocycles. The summed E-state index contributed by atoms with van der Waals surface area (Å²) < 4.78 is 39.3. The van der Waals surface area contributed by atoms with Crippen molar-refractivity contribution in [3.63, 3.8) is 0 Å². The maximum Gasteiger partial charge on any atom is 0.418 e. The number of anilines is 2. The van der Waals surface area contributed by atoms with Crippen LogP contribution in [0.15, 0.2) is 30.6 Å². The third kappa shape index (κ3) is 5.09. The number of hydrogen-bond acceptors (Lipinski definition) is 4. The quantitative estimate of drug-likeness (QED) is 0.747. The maximum atomic E-state index is 13.1. The van der Waals surface area contributed by atoms with Gasteiger partial charge >= 0.3 is 6.18 Å². The largest absolute Gasteiger partial charge is 0.418 e. The predicted molar refractivity (Wildman–Crippen MR) is 96.9 cm³/mol. The first-order valence-corrected chi connectivity index (χ1v) is 8.97. The lowest BCUT2D eigenvalue weighted by atomic mass is 9.96. The van der Waals surface area contributed by atoms with Gasteiger partial charge in [-0.05, 0) is 31.0 Å². The number of alkyl halides is 3. The smallest absolute Gasteiger partial charge is 0.366 e. The monoisotopic (exact) mass is 398 g/mol. The number of nitrogens with one attached hydrogen (secondary N) is 2. The minimum absolute atomic E-state index is 0.0711. The van der Waals surface area contributed by atoms with Crippen LogP contribution in [0.25, 0.3) is 0 Å². The average molecular weight is 399 g/mol. The van der Waals surface area contributed by atoms with E-state index in [1.165, 1.54) is 24.9 Å². The Kier molecular flexibility index (Phi) is 5.84. The Morgan fingerprint density at radius 2 is 1.85 bits per heavy atom. The van der Waals surface area contributed by atoms with Crippen molar-refractivity contribution >= 4 is 29.0 Å². The van der Waals surface area contributed by atoms with Crippen molar-refractivity contribution in [2.24, 2.45) is 0 Å². The first-order chi connectivity index (χ1) is 12.8. The lowest BCUT2D eigenvalue weighted by Crippen LogP contribution is -2.23. The third-order valence-corrected chi connectivity index (χ3v) is 4.61. The van der Waals surface area contributed by atoms with Crippen LogP contribution in [0.2, 0.25) is 5.02 Å². The first-order valence-electron chi connectivity index (χ1n) is 8.59. The van der Waals surface area contributed by atoms with E-state index in [1.807, 2.05) is 0 Å². The Hall–Kier alpha value is -2.35. The van der Waals surface area contributed by atoms with E-state index in [1.54, 1.807) is 0 Å². The second-order valence-corrected chi connectivity index (χ2v) is 6.84. The van der Waals surface area contributed by atoms with Crippen LogP contribution in [-0.2, 0) is 6.18 Å². The number of carbonyl (C=O) groups excluding carboxylic acids is 1. The highest BCUT2D eigenvalue weighted by Crippen LogP contribution is 2.36. The minimum atomic E-state index is -4.65. The minimum Gasteiger partial charge on any atom is -0.366 e. The standard InChI is InChI=1S/C18H18ClF3N4O/c19-11-6-7-14(13(8-11)18(20,21)22)26-17(27)15-9-24-16(10-23-15)25-12-4-2-1-3-5-12/h6-10,12H,1-5H2,(H,24,25)(H,26,27). The van der Waals surface area contributed by atoms with Gasteiger partial charge in [0, 0.05) is 11.1 Å². The summed E-state index contributed by atoms with van der Waals surface area (Å²) in [4.78, 5) is 20.4. The number of amides is 1. The number of nitrogens with zero attached hydrogens (tertiary/aromatic N) is 2. The Bertz CT molecular complexity index is 805. The molecular weight excluding hydrogens is 381 g/mol. The van der Waals surface area contributed by atoms with Gasteiger partial charge in [-0.25, -0.2) is 9.97 Å². The van der Waals surface area contributed by atoms with Crippen LogP contribution in [-0.4, -0.2) is 21.9 Å². The Balaban J connectivity index is 1.70. The highest BCUT2D eigenvalue weighted by atomic mass is 35.5. The van der Waals surface area contributed by atoms with Gasteiger partial charge in [0.15, 0.2) is 0 Å². The van der Waals surface area contributed by atoms with Gasteiger partial charge in [-0.1, -0.05) is 30.9 Å². The summed E-state index contributed by atoms with van der Waals surface area (Å²) >= 11 is 5.63. The van der Waals surface area contributed by atoms with Crippen molar-refractivity contribution in [1.29, 1.82) is 0 Å². The maximum absolute atomic E-state index is 13.1. The summed E-state index contributed by atoms with van der Waals surface area (Å²) in [6.45, 7) is 0. The zero-order valence-corrected chi connectivity index (χ0v) is 15.1. The van der Waals surface area contributed by atoms with Gasteiger partial charge in [-0.15, -0.1) is 0 Å². The molecule has 0 saturated heterocycles. The van der Waals surface area contributed by atoms with E-state index < -0.39 is 17.6 Å². The van der Waals surface area contributed by atoms with Crippen molar-refractivity contribution in [2.75, 3.05) is 10.6 Å². The number of benzene rings is 1. The van der Waals surface area contributed by atoms with E-state index in [-0.39, 0.29) is 16.4 Å². The van der Waals surface area contributed by atoms with Crippen LogP contribution >= 0.6 is 11.6 Å². The molecule has 9 heteroatoms. The molecule has 1 aromatic carbocycles. The molecule has 1 fully saturated rings. The normalized spacial score (nSPS) is 15.4. The van der Waals surface area contributed by atoms with Crippen molar-refractivity contribution < 1.29 is 18.0 Å². The fourth-order valence-electron chi connectivity index (χ4n) is 3.02. The van der Waals surface area contributed by atoms with E-state index in [0.29, 0.717) is 11.9 Å². The van der Waals surface area contributed by atoms with Crippen molar-refractivity contribution in [3.8, 4) is 0 Å². The Labute approximate surface area is 159 Å². The molecule has 0 bridgehead atoms. The highest BCUT2D eigenvalue weighted by Gasteiger charge is 2.34. The molecular formula is C18H18ClF3N4O. The molecule has 1 saturated carbocycles. The summed E-state index contributed by atoms with van der Waals surface area (Å²) in [5.74, 6) is -0.236. The fourth-order valence-corrected chi connectivity index (χ4v) is 3.19. The SMILES string of the molecule is O=C(Nc1ccc(Cl)cc1C(F)(F)F)c1cnc(NC2CCCCC2)cn1. The number of aromatic nitrogens is 2. The molecule has 0 spiro atoms. The lowest BCUT2D eigenvalue weighted by molar-refractivity contribution is -0.136. The Morgan fingerprint density at radius 1 is 1.11 bits per heavy atom. The predicted octanol–water partition coefficient (Wildman–Crippen LogP) is 5.15. The summed E-state index contributed by atoms with van der Waals surface area (Å²) in [6.07, 6.45) is 3.67. The van der Waals surface area contributed by atoms with Crippen LogP contribution < -0.4 is 10.6 Å². The van der Waals surface area contributed by atoms with E-state index in [4.69, 9.17) is 11.6 Å². The molecule has 3 rings (SSSR count). The fraction of sp³-hybridized carbons (Fsp3) is 0.389. The molecule has 144 valence electrons. The van der Waals surface area contributed by atoms with Crippen molar-refractivity contribution in [1.82, 2.24) is 9.97 Å². The zero-order valence-electron chi connectivity index (χ0n) is 14.3. The van der Waals surface area contributed by atoms with E-state index in [9.17, 15) is 18.0 Å². The van der Waals surface area contributed by atoms with Crippen LogP contribution in [0.1, 0.15) is 48.2 Å². The summed E-state index contributed by atoms with van der Waals surface area (Å²) in [6, 6.07) is 3.47. The Morgan fingerprint density at radius 3 is 2.48 bits per heavy atom. The van der Waals surface area contributed by atoms with E-state index in [2.05, 4.69) is 20.6 Å². The molecule has 5 nitrogen and oxygen atoms in total. The molecule has 0 radical (unpaired) electrons. The van der Waals surface area contributed by atoms with Crippen molar-refractivity contribution in [2.45, 2.75) is 44.3 Å². The molecule has 0 unspecified atom stereocenters. The van der Waals surface area contributed by atoms with Gasteiger partial charge in [0.1, 0.15) is 11.5 Å². The van der Waals surface area contributed by atoms with Crippen molar-refractivity contribution in [3.05, 3.63) is 46.9 Å². The van der Waals surface area contributed by atoms with Crippen LogP contribution in [0, 0.1) is 0 Å². The van der Waals surface area contributed by atoms with Gasteiger partial charge in [0.25, 0.3) is 5.91 Å². The van der Waals surface area contributed by atoms with E-state index >= 15 is 0 Å². The molecule has 2 N–H and O–H groups in total. The van der Waals surface area contributed by atoms with Gasteiger partial charge in [-0.2, -0.15) is 13.2 Å². The third-order valence-electron chi connectivity index (χ3n) is 4.38. The summed E-state index contributed by atoms with van der Waals surface area (Å²) in [7, 11) is 0. The zero-order chi connectivity index (χ0) is 19.4. The number of rotatable bonds is 4. The molecule has 1 aliphatic carbocycles. The molecule has 1 amide bonds. The van der Waals surface area contributed by atoms with Gasteiger partial charge < -0.3 is 10.6 Å². The number of halogens is 4. The first kappa shape index (κ1) is 19.4. The van der Waals surface area contributed by atoms with Crippen LogP contribution in [0.3, 0.4) is 0 Å². The van der Waals surface area contributed by atoms with Gasteiger partial charge in [0.2, 0.25) is 0 Å². The topological polar surface area (TPSA) is 66.9 Å². The summed E-state index contributed by atoms with van der Waals surface area (Å²) in [5, 5.41) is 5.41. The molecule has 1 aromatic heterocycles. The van der Waals surface area contributed by atoms with Gasteiger partial charge in [0.05, 0.1) is 23.6 Å². The summed E-state index contributed by atoms with van der Waals surface area (Å²) in [5.41, 5.74) is -1.48. The molecule has 1 aliphatic rings. The lowest BCUT2D eigenvalue weighted by Gasteiger charge is -2.23. The van der Waals surface area contributed by atoms with Crippen LogP contribution in [0.5, 0.6) is 0 Å². The highest BCUT2D eigenvalue weighted by molar-refractivity contribution is 6.30. The molecule has 27 heavy (non-hydrogen) atoms. The van der Waals surface area contributed by atoms with Crippen LogP contribution in [0.4, 0.5) is 24.7 Å². The second-order valence-electron chi connectivity index (χ2n) is 6.41. The van der Waals surface area contributed by atoms with E-state index in [0.717, 1.165) is 37.8 Å². The average Bonchev–Trinajstić information content (AvgIpc) is 2.64.